The van der Waals surface area contributed by atoms with Gasteiger partial charge in [-0.3, -0.25) is 4.79 Å². The van der Waals surface area contributed by atoms with Gasteiger partial charge in [0.25, 0.3) is 0 Å². The summed E-state index contributed by atoms with van der Waals surface area (Å²) in [4.78, 5) is 15.2. The second-order valence-electron chi connectivity index (χ2n) is 3.82. The van der Waals surface area contributed by atoms with E-state index in [0.29, 0.717) is 13.1 Å². The van der Waals surface area contributed by atoms with Crippen LogP contribution in [0.5, 0.6) is 0 Å². The number of hydrogen-bond donors (Lipinski definition) is 2. The summed E-state index contributed by atoms with van der Waals surface area (Å²) in [7, 11) is 1.74. The van der Waals surface area contributed by atoms with Gasteiger partial charge in [0.15, 0.2) is 0 Å². The Morgan fingerprint density at radius 3 is 2.95 bits per heavy atom. The third-order valence-corrected chi connectivity index (χ3v) is 2.42. The van der Waals surface area contributed by atoms with E-state index in [2.05, 4.69) is 20.7 Å². The molecule has 1 aromatic heterocycles. The Morgan fingerprint density at radius 1 is 1.42 bits per heavy atom. The van der Waals surface area contributed by atoms with Crippen molar-refractivity contribution in [3.05, 3.63) is 42.5 Å². The molecular weight excluding hydrogens is 266 g/mol. The first kappa shape index (κ1) is 15.1. The molecule has 7 heteroatoms. The standard InChI is InChI=1S/C12H15N5O.ClH/c1-13-7-12(18)15-6-10-3-2-4-11(5-10)17-9-14-8-16-17;/h2-5,8-9,13H,6-7H2,1H3,(H,15,18);1H. The second-order valence-corrected chi connectivity index (χ2v) is 3.82. The Labute approximate surface area is 117 Å². The van der Waals surface area contributed by atoms with Gasteiger partial charge in [-0.25, -0.2) is 9.67 Å². The van der Waals surface area contributed by atoms with E-state index in [-0.39, 0.29) is 18.3 Å². The summed E-state index contributed by atoms with van der Waals surface area (Å²) in [5, 5.41) is 9.69. The molecule has 0 aliphatic heterocycles. The summed E-state index contributed by atoms with van der Waals surface area (Å²) in [6.07, 6.45) is 3.13. The van der Waals surface area contributed by atoms with Gasteiger partial charge >= 0.3 is 0 Å². The SMILES string of the molecule is CNCC(=O)NCc1cccc(-n2cncn2)c1.Cl. The lowest BCUT2D eigenvalue weighted by atomic mass is 10.2. The second kappa shape index (κ2) is 7.50. The highest BCUT2D eigenvalue weighted by Crippen LogP contribution is 2.08. The number of amides is 1. The fourth-order valence-corrected chi connectivity index (χ4v) is 1.57. The fraction of sp³-hybridized carbons (Fsp3) is 0.250. The zero-order valence-electron chi connectivity index (χ0n) is 10.5. The Kier molecular flexibility index (Phi) is 5.98. The zero-order valence-corrected chi connectivity index (χ0v) is 11.4. The summed E-state index contributed by atoms with van der Waals surface area (Å²) in [6.45, 7) is 0.825. The summed E-state index contributed by atoms with van der Waals surface area (Å²) in [5.74, 6) is -0.0244. The molecule has 0 saturated heterocycles. The number of carbonyl (C=O) groups is 1. The Balaban J connectivity index is 0.00000180. The highest BCUT2D eigenvalue weighted by Gasteiger charge is 2.01. The molecule has 1 heterocycles. The first-order valence-corrected chi connectivity index (χ1v) is 5.65. The molecule has 0 unspecified atom stereocenters. The maximum Gasteiger partial charge on any atom is 0.234 e. The van der Waals surface area contributed by atoms with Crippen LogP contribution in [0.2, 0.25) is 0 Å². The van der Waals surface area contributed by atoms with E-state index in [1.807, 2.05) is 24.3 Å². The summed E-state index contributed by atoms with van der Waals surface area (Å²) in [5.41, 5.74) is 1.94. The molecular formula is C12H16ClN5O. The van der Waals surface area contributed by atoms with Crippen LogP contribution < -0.4 is 10.6 Å². The van der Waals surface area contributed by atoms with Crippen LogP contribution in [0.4, 0.5) is 0 Å². The summed E-state index contributed by atoms with van der Waals surface area (Å²) >= 11 is 0. The van der Waals surface area contributed by atoms with E-state index in [1.165, 1.54) is 6.33 Å². The molecule has 1 aromatic carbocycles. The van der Waals surface area contributed by atoms with Crippen LogP contribution >= 0.6 is 12.4 Å². The molecule has 0 aliphatic rings. The Hall–Kier alpha value is -1.92. The van der Waals surface area contributed by atoms with Crippen molar-refractivity contribution in [1.29, 1.82) is 0 Å². The van der Waals surface area contributed by atoms with Gasteiger partial charge in [0.05, 0.1) is 12.2 Å². The van der Waals surface area contributed by atoms with Crippen LogP contribution in [0.25, 0.3) is 5.69 Å². The van der Waals surface area contributed by atoms with Crippen molar-refractivity contribution in [1.82, 2.24) is 25.4 Å². The van der Waals surface area contributed by atoms with E-state index in [0.717, 1.165) is 11.3 Å². The van der Waals surface area contributed by atoms with Gasteiger partial charge in [0.1, 0.15) is 12.7 Å². The van der Waals surface area contributed by atoms with Crippen molar-refractivity contribution in [2.75, 3.05) is 13.6 Å². The number of carbonyl (C=O) groups excluding carboxylic acids is 1. The minimum absolute atomic E-state index is 0. The van der Waals surface area contributed by atoms with Crippen LogP contribution in [-0.2, 0) is 11.3 Å². The highest BCUT2D eigenvalue weighted by atomic mass is 35.5. The first-order chi connectivity index (χ1) is 8.79. The molecule has 0 atom stereocenters. The average molecular weight is 282 g/mol. The molecule has 0 fully saturated rings. The summed E-state index contributed by atoms with van der Waals surface area (Å²) in [6, 6.07) is 7.79. The third kappa shape index (κ3) is 4.35. The van der Waals surface area contributed by atoms with Crippen molar-refractivity contribution >= 4 is 18.3 Å². The number of hydrogen-bond acceptors (Lipinski definition) is 4. The van der Waals surface area contributed by atoms with Crippen LogP contribution in [0.3, 0.4) is 0 Å². The van der Waals surface area contributed by atoms with Gasteiger partial charge in [-0.05, 0) is 24.7 Å². The number of aromatic nitrogens is 3. The Morgan fingerprint density at radius 2 is 2.26 bits per heavy atom. The van der Waals surface area contributed by atoms with E-state index in [4.69, 9.17) is 0 Å². The van der Waals surface area contributed by atoms with Crippen molar-refractivity contribution in [3.8, 4) is 5.69 Å². The van der Waals surface area contributed by atoms with Crippen molar-refractivity contribution in [2.24, 2.45) is 0 Å². The molecule has 2 rings (SSSR count). The van der Waals surface area contributed by atoms with Crippen molar-refractivity contribution in [3.63, 3.8) is 0 Å². The molecule has 102 valence electrons. The van der Waals surface area contributed by atoms with Crippen molar-refractivity contribution in [2.45, 2.75) is 6.54 Å². The fourth-order valence-electron chi connectivity index (χ4n) is 1.57. The van der Waals surface area contributed by atoms with Crippen LogP contribution in [-0.4, -0.2) is 34.3 Å². The Bertz CT molecular complexity index is 515. The quantitative estimate of drug-likeness (QED) is 0.838. The van der Waals surface area contributed by atoms with Gasteiger partial charge in [0.2, 0.25) is 5.91 Å². The maximum atomic E-state index is 11.3. The normalized spacial score (nSPS) is 9.74. The van der Waals surface area contributed by atoms with Gasteiger partial charge in [-0.2, -0.15) is 5.10 Å². The zero-order chi connectivity index (χ0) is 12.8. The third-order valence-electron chi connectivity index (χ3n) is 2.42. The van der Waals surface area contributed by atoms with E-state index >= 15 is 0 Å². The number of likely N-dealkylation sites (N-methyl/N-ethyl adjacent to an activating group) is 1. The number of halogens is 1. The molecule has 0 spiro atoms. The highest BCUT2D eigenvalue weighted by molar-refractivity contribution is 5.85. The lowest BCUT2D eigenvalue weighted by Crippen LogP contribution is -2.31. The molecule has 19 heavy (non-hydrogen) atoms. The molecule has 2 aromatic rings. The minimum Gasteiger partial charge on any atom is -0.351 e. The minimum atomic E-state index is -0.0244. The van der Waals surface area contributed by atoms with Crippen LogP contribution in [0.1, 0.15) is 5.56 Å². The van der Waals surface area contributed by atoms with Crippen LogP contribution in [0.15, 0.2) is 36.9 Å². The van der Waals surface area contributed by atoms with Gasteiger partial charge in [-0.1, -0.05) is 12.1 Å². The van der Waals surface area contributed by atoms with Crippen molar-refractivity contribution < 1.29 is 4.79 Å². The van der Waals surface area contributed by atoms with Gasteiger partial charge in [0, 0.05) is 6.54 Å². The lowest BCUT2D eigenvalue weighted by molar-refractivity contribution is -0.120. The largest absolute Gasteiger partial charge is 0.351 e. The summed E-state index contributed by atoms with van der Waals surface area (Å²) < 4.78 is 1.68. The monoisotopic (exact) mass is 281 g/mol. The van der Waals surface area contributed by atoms with Gasteiger partial charge in [-0.15, -0.1) is 12.4 Å². The van der Waals surface area contributed by atoms with Gasteiger partial charge < -0.3 is 10.6 Å². The average Bonchev–Trinajstić information content (AvgIpc) is 2.91. The predicted molar refractivity (Wildman–Crippen MR) is 74.4 cm³/mol. The maximum absolute atomic E-state index is 11.3. The topological polar surface area (TPSA) is 71.8 Å². The molecule has 0 radical (unpaired) electrons. The lowest BCUT2D eigenvalue weighted by Gasteiger charge is -2.07. The number of rotatable bonds is 5. The van der Waals surface area contributed by atoms with E-state index in [9.17, 15) is 4.79 Å². The molecule has 0 aliphatic carbocycles. The van der Waals surface area contributed by atoms with E-state index < -0.39 is 0 Å². The number of nitrogens with one attached hydrogen (secondary N) is 2. The predicted octanol–water partition coefficient (Wildman–Crippen LogP) is 0.525. The molecule has 2 N–H and O–H groups in total. The first-order valence-electron chi connectivity index (χ1n) is 5.65. The molecule has 0 saturated carbocycles. The molecule has 0 bridgehead atoms. The molecule has 1 amide bonds. The van der Waals surface area contributed by atoms with E-state index in [1.54, 1.807) is 18.1 Å². The van der Waals surface area contributed by atoms with Crippen LogP contribution in [0, 0.1) is 0 Å². The number of nitrogens with zero attached hydrogens (tertiary/aromatic N) is 3. The smallest absolute Gasteiger partial charge is 0.234 e. The number of benzene rings is 1. The molecule has 6 nitrogen and oxygen atoms in total.